The summed E-state index contributed by atoms with van der Waals surface area (Å²) in [5.41, 5.74) is 1.44. The van der Waals surface area contributed by atoms with E-state index in [0.717, 1.165) is 11.1 Å². The molecule has 0 aliphatic rings. The molecule has 3 rings (SSSR count). The Morgan fingerprint density at radius 3 is 1.67 bits per heavy atom. The van der Waals surface area contributed by atoms with Gasteiger partial charge in [0.25, 0.3) is 5.91 Å². The SMILES string of the molecule is CN(C(=O)c1cc(C(=O)O)c(OCc2ccccc2)cc1OCc1ccccc1)C(C)(C)C. The fourth-order valence-electron chi connectivity index (χ4n) is 3.09. The van der Waals surface area contributed by atoms with Crippen LogP contribution in [0.2, 0.25) is 0 Å². The Balaban J connectivity index is 2.00. The van der Waals surface area contributed by atoms with Crippen molar-refractivity contribution in [2.45, 2.75) is 39.5 Å². The van der Waals surface area contributed by atoms with E-state index in [4.69, 9.17) is 9.47 Å². The van der Waals surface area contributed by atoms with Crippen molar-refractivity contribution in [2.24, 2.45) is 0 Å². The van der Waals surface area contributed by atoms with Crippen LogP contribution in [0.15, 0.2) is 72.8 Å². The van der Waals surface area contributed by atoms with E-state index in [1.54, 1.807) is 11.9 Å². The Labute approximate surface area is 194 Å². The number of carbonyl (C=O) groups is 2. The molecule has 0 saturated carbocycles. The van der Waals surface area contributed by atoms with E-state index in [9.17, 15) is 14.7 Å². The van der Waals surface area contributed by atoms with E-state index in [-0.39, 0.29) is 41.7 Å². The first-order chi connectivity index (χ1) is 15.7. The standard InChI is InChI=1S/C27H29NO5/c1-27(2,3)28(4)25(29)21-15-22(26(30)31)24(33-18-20-13-9-6-10-14-20)16-23(21)32-17-19-11-7-5-8-12-19/h5-16H,17-18H2,1-4H3,(H,30,31). The third-order valence-electron chi connectivity index (χ3n) is 5.33. The van der Waals surface area contributed by atoms with E-state index >= 15 is 0 Å². The van der Waals surface area contributed by atoms with Crippen LogP contribution < -0.4 is 9.47 Å². The molecule has 3 aromatic carbocycles. The summed E-state index contributed by atoms with van der Waals surface area (Å²) < 4.78 is 11.9. The maximum Gasteiger partial charge on any atom is 0.339 e. The monoisotopic (exact) mass is 447 g/mol. The Morgan fingerprint density at radius 2 is 1.24 bits per heavy atom. The molecule has 3 aromatic rings. The van der Waals surface area contributed by atoms with E-state index < -0.39 is 11.5 Å². The summed E-state index contributed by atoms with van der Waals surface area (Å²) >= 11 is 0. The predicted octanol–water partition coefficient (Wildman–Crippen LogP) is 5.41. The lowest BCUT2D eigenvalue weighted by Crippen LogP contribution is -2.42. The van der Waals surface area contributed by atoms with Crippen molar-refractivity contribution >= 4 is 11.9 Å². The number of amides is 1. The molecule has 0 unspecified atom stereocenters. The molecule has 33 heavy (non-hydrogen) atoms. The number of ether oxygens (including phenoxy) is 2. The quantitative estimate of drug-likeness (QED) is 0.499. The van der Waals surface area contributed by atoms with Gasteiger partial charge in [0.1, 0.15) is 30.3 Å². The normalized spacial score (nSPS) is 11.0. The van der Waals surface area contributed by atoms with Gasteiger partial charge in [0.05, 0.1) is 5.56 Å². The van der Waals surface area contributed by atoms with E-state index in [0.29, 0.717) is 0 Å². The number of carboxylic acids is 1. The summed E-state index contributed by atoms with van der Waals surface area (Å²) in [5.74, 6) is -1.10. The molecule has 0 saturated heterocycles. The topological polar surface area (TPSA) is 76.1 Å². The summed E-state index contributed by atoms with van der Waals surface area (Å²) in [7, 11) is 1.68. The van der Waals surface area contributed by atoms with Crippen molar-refractivity contribution in [1.29, 1.82) is 0 Å². The highest BCUT2D eigenvalue weighted by atomic mass is 16.5. The molecule has 0 atom stereocenters. The molecule has 0 heterocycles. The largest absolute Gasteiger partial charge is 0.488 e. The molecule has 172 valence electrons. The lowest BCUT2D eigenvalue weighted by molar-refractivity contribution is 0.0651. The van der Waals surface area contributed by atoms with Crippen molar-refractivity contribution in [3.05, 3.63) is 95.1 Å². The molecule has 0 spiro atoms. The molecule has 0 aliphatic carbocycles. The van der Waals surface area contributed by atoms with Crippen LogP contribution in [0, 0.1) is 0 Å². The van der Waals surface area contributed by atoms with Crippen LogP contribution in [0.3, 0.4) is 0 Å². The first-order valence-corrected chi connectivity index (χ1v) is 10.7. The van der Waals surface area contributed by atoms with Crippen LogP contribution in [0.5, 0.6) is 11.5 Å². The van der Waals surface area contributed by atoms with Gasteiger partial charge in [0.15, 0.2) is 0 Å². The fraction of sp³-hybridized carbons (Fsp3) is 0.259. The number of nitrogens with zero attached hydrogens (tertiary/aromatic N) is 1. The Bertz CT molecular complexity index is 1100. The van der Waals surface area contributed by atoms with Crippen LogP contribution in [0.4, 0.5) is 0 Å². The Hall–Kier alpha value is -3.80. The van der Waals surface area contributed by atoms with Gasteiger partial charge in [-0.05, 0) is 38.0 Å². The van der Waals surface area contributed by atoms with Gasteiger partial charge >= 0.3 is 5.97 Å². The number of benzene rings is 3. The molecule has 0 fully saturated rings. The van der Waals surface area contributed by atoms with E-state index in [1.165, 1.54) is 12.1 Å². The first kappa shape index (κ1) is 23.9. The van der Waals surface area contributed by atoms with Crippen LogP contribution in [0.25, 0.3) is 0 Å². The van der Waals surface area contributed by atoms with Crippen molar-refractivity contribution in [2.75, 3.05) is 7.05 Å². The molecular formula is C27H29NO5. The molecule has 6 heteroatoms. The highest BCUT2D eigenvalue weighted by molar-refractivity contribution is 6.01. The van der Waals surface area contributed by atoms with Gasteiger partial charge in [-0.1, -0.05) is 60.7 Å². The van der Waals surface area contributed by atoms with E-state index in [2.05, 4.69) is 0 Å². The molecule has 0 radical (unpaired) electrons. The number of aromatic carboxylic acids is 1. The average molecular weight is 448 g/mol. The number of hydrogen-bond donors (Lipinski definition) is 1. The van der Waals surface area contributed by atoms with Crippen molar-refractivity contribution in [3.63, 3.8) is 0 Å². The Morgan fingerprint density at radius 1 is 0.788 bits per heavy atom. The number of rotatable bonds is 8. The minimum absolute atomic E-state index is 0.0938. The highest BCUT2D eigenvalue weighted by Gasteiger charge is 2.28. The summed E-state index contributed by atoms with van der Waals surface area (Å²) in [6, 6.07) is 21.8. The van der Waals surface area contributed by atoms with Gasteiger partial charge in [0, 0.05) is 18.7 Å². The number of hydrogen-bond acceptors (Lipinski definition) is 4. The average Bonchev–Trinajstić information content (AvgIpc) is 2.80. The van der Waals surface area contributed by atoms with Gasteiger partial charge in [-0.25, -0.2) is 4.79 Å². The molecule has 6 nitrogen and oxygen atoms in total. The second-order valence-corrected chi connectivity index (χ2v) is 8.73. The number of carboxylic acid groups (broad SMARTS) is 1. The zero-order chi connectivity index (χ0) is 24.0. The van der Waals surface area contributed by atoms with Crippen molar-refractivity contribution < 1.29 is 24.2 Å². The predicted molar refractivity (Wildman–Crippen MR) is 127 cm³/mol. The molecular weight excluding hydrogens is 418 g/mol. The summed E-state index contributed by atoms with van der Waals surface area (Å²) in [5, 5.41) is 9.82. The molecule has 0 aromatic heterocycles. The van der Waals surface area contributed by atoms with Gasteiger partial charge in [-0.15, -0.1) is 0 Å². The summed E-state index contributed by atoms with van der Waals surface area (Å²) in [6.45, 7) is 6.14. The summed E-state index contributed by atoms with van der Waals surface area (Å²) in [6.07, 6.45) is 0. The van der Waals surface area contributed by atoms with E-state index in [1.807, 2.05) is 81.4 Å². The Kier molecular flexibility index (Phi) is 7.38. The fourth-order valence-corrected chi connectivity index (χ4v) is 3.09. The van der Waals surface area contributed by atoms with Gasteiger partial charge in [-0.3, -0.25) is 4.79 Å². The maximum absolute atomic E-state index is 13.3. The molecule has 1 N–H and O–H groups in total. The smallest absolute Gasteiger partial charge is 0.339 e. The first-order valence-electron chi connectivity index (χ1n) is 10.7. The second-order valence-electron chi connectivity index (χ2n) is 8.73. The van der Waals surface area contributed by atoms with Crippen LogP contribution in [-0.4, -0.2) is 34.5 Å². The lowest BCUT2D eigenvalue weighted by atomic mass is 10.0. The third kappa shape index (κ3) is 6.13. The van der Waals surface area contributed by atoms with Crippen molar-refractivity contribution in [1.82, 2.24) is 4.90 Å². The second kappa shape index (κ2) is 10.2. The third-order valence-corrected chi connectivity index (χ3v) is 5.33. The lowest BCUT2D eigenvalue weighted by Gasteiger charge is -2.32. The van der Waals surface area contributed by atoms with Gasteiger partial charge in [-0.2, -0.15) is 0 Å². The number of carbonyl (C=O) groups excluding carboxylic acids is 1. The summed E-state index contributed by atoms with van der Waals surface area (Å²) in [4.78, 5) is 26.9. The van der Waals surface area contributed by atoms with Gasteiger partial charge in [0.2, 0.25) is 0 Å². The van der Waals surface area contributed by atoms with Crippen LogP contribution in [0.1, 0.15) is 52.6 Å². The minimum Gasteiger partial charge on any atom is -0.488 e. The van der Waals surface area contributed by atoms with Crippen LogP contribution in [-0.2, 0) is 13.2 Å². The molecule has 0 aliphatic heterocycles. The maximum atomic E-state index is 13.3. The van der Waals surface area contributed by atoms with Gasteiger partial charge < -0.3 is 19.5 Å². The zero-order valence-electron chi connectivity index (χ0n) is 19.4. The zero-order valence-corrected chi connectivity index (χ0v) is 19.4. The highest BCUT2D eigenvalue weighted by Crippen LogP contribution is 2.32. The molecule has 0 bridgehead atoms. The molecule has 1 amide bonds. The van der Waals surface area contributed by atoms with Crippen molar-refractivity contribution in [3.8, 4) is 11.5 Å². The minimum atomic E-state index is -1.18. The van der Waals surface area contributed by atoms with Crippen LogP contribution >= 0.6 is 0 Å².